The Bertz CT molecular complexity index is 411. The van der Waals surface area contributed by atoms with E-state index in [2.05, 4.69) is 41.8 Å². The van der Waals surface area contributed by atoms with Crippen molar-refractivity contribution in [1.82, 2.24) is 9.78 Å². The van der Waals surface area contributed by atoms with Crippen LogP contribution >= 0.6 is 15.9 Å². The molecule has 1 aromatic rings. The lowest BCUT2D eigenvalue weighted by atomic mass is 9.77. The van der Waals surface area contributed by atoms with Gasteiger partial charge in [-0.3, -0.25) is 4.68 Å². The fraction of sp³-hybridized carbons (Fsp3) is 0.786. The zero-order valence-corrected chi connectivity index (χ0v) is 14.0. The maximum Gasteiger partial charge on any atom is 0.0738 e. The van der Waals surface area contributed by atoms with Gasteiger partial charge in [0.25, 0.3) is 0 Å². The summed E-state index contributed by atoms with van der Waals surface area (Å²) in [5.41, 5.74) is 7.83. The van der Waals surface area contributed by atoms with E-state index in [1.54, 1.807) is 0 Å². The minimum Gasteiger partial charge on any atom is -0.396 e. The van der Waals surface area contributed by atoms with Crippen LogP contribution in [0.1, 0.15) is 38.6 Å². The normalized spacial score (nSPS) is 14.9. The highest BCUT2D eigenvalue weighted by Crippen LogP contribution is 2.33. The number of aliphatic hydroxyl groups excluding tert-OH is 1. The molecule has 1 aromatic heterocycles. The molecule has 0 aromatic carbocycles. The van der Waals surface area contributed by atoms with Gasteiger partial charge in [0.1, 0.15) is 0 Å². The molecule has 0 aliphatic heterocycles. The second kappa shape index (κ2) is 6.86. The molecule has 0 aliphatic carbocycles. The maximum absolute atomic E-state index is 9.82. The maximum atomic E-state index is 9.82. The molecule has 0 spiro atoms. The lowest BCUT2D eigenvalue weighted by Gasteiger charge is -2.32. The Balaban J connectivity index is 3.09. The molecule has 1 rings (SSSR count). The Morgan fingerprint density at radius 3 is 2.53 bits per heavy atom. The largest absolute Gasteiger partial charge is 0.396 e. The first-order chi connectivity index (χ1) is 8.89. The minimum absolute atomic E-state index is 0.113. The van der Waals surface area contributed by atoms with E-state index in [4.69, 9.17) is 5.73 Å². The van der Waals surface area contributed by atoms with E-state index in [1.807, 2.05) is 11.6 Å². The molecule has 0 bridgehead atoms. The van der Waals surface area contributed by atoms with E-state index in [0.717, 1.165) is 35.2 Å². The molecular formula is C14H26BrN3O. The summed E-state index contributed by atoms with van der Waals surface area (Å²) < 4.78 is 3.05. The number of hydrogen-bond acceptors (Lipinski definition) is 3. The Hall–Kier alpha value is -0.390. The highest BCUT2D eigenvalue weighted by atomic mass is 79.9. The van der Waals surface area contributed by atoms with Crippen molar-refractivity contribution in [1.29, 1.82) is 0 Å². The average Bonchev–Trinajstić information content (AvgIpc) is 2.64. The lowest BCUT2D eigenvalue weighted by molar-refractivity contribution is 0.105. The molecule has 3 N–H and O–H groups in total. The standard InChI is InChI=1S/C14H26BrN3O/c1-5-18-12(13(15)11(4)17-18)7-14(8-16,9-19)6-10(2)3/h10,19H,5-9,16H2,1-4H3. The average molecular weight is 332 g/mol. The van der Waals surface area contributed by atoms with Crippen LogP contribution in [0.4, 0.5) is 0 Å². The summed E-state index contributed by atoms with van der Waals surface area (Å²) in [6, 6.07) is 0. The Kier molecular flexibility index (Phi) is 6.02. The monoisotopic (exact) mass is 331 g/mol. The third kappa shape index (κ3) is 3.80. The topological polar surface area (TPSA) is 64.1 Å². The van der Waals surface area contributed by atoms with Crippen LogP contribution in [0.15, 0.2) is 4.47 Å². The first-order valence-electron chi connectivity index (χ1n) is 6.91. The first-order valence-corrected chi connectivity index (χ1v) is 7.71. The summed E-state index contributed by atoms with van der Waals surface area (Å²) in [7, 11) is 0. The quantitative estimate of drug-likeness (QED) is 0.806. The summed E-state index contributed by atoms with van der Waals surface area (Å²) in [6.07, 6.45) is 1.67. The zero-order chi connectivity index (χ0) is 14.6. The number of nitrogens with zero attached hydrogens (tertiary/aromatic N) is 2. The molecule has 0 amide bonds. The van der Waals surface area contributed by atoms with Crippen molar-refractivity contribution in [2.45, 2.75) is 47.1 Å². The number of aryl methyl sites for hydroxylation is 2. The molecule has 0 radical (unpaired) electrons. The SMILES string of the molecule is CCn1nc(C)c(Br)c1CC(CN)(CO)CC(C)C. The third-order valence-electron chi connectivity index (χ3n) is 3.60. The van der Waals surface area contributed by atoms with Crippen molar-refractivity contribution < 1.29 is 5.11 Å². The lowest BCUT2D eigenvalue weighted by Crippen LogP contribution is -2.38. The summed E-state index contributed by atoms with van der Waals surface area (Å²) in [6.45, 7) is 9.83. The van der Waals surface area contributed by atoms with Crippen molar-refractivity contribution in [3.8, 4) is 0 Å². The van der Waals surface area contributed by atoms with Crippen LogP contribution in [-0.2, 0) is 13.0 Å². The van der Waals surface area contributed by atoms with Gasteiger partial charge < -0.3 is 10.8 Å². The van der Waals surface area contributed by atoms with Gasteiger partial charge in [0.2, 0.25) is 0 Å². The predicted octanol–water partition coefficient (Wildman–Crippen LogP) is 2.50. The number of rotatable bonds is 7. The molecule has 0 fully saturated rings. The molecule has 19 heavy (non-hydrogen) atoms. The Morgan fingerprint density at radius 2 is 2.11 bits per heavy atom. The summed E-state index contributed by atoms with van der Waals surface area (Å²) >= 11 is 3.61. The molecule has 4 nitrogen and oxygen atoms in total. The van der Waals surface area contributed by atoms with E-state index in [0.29, 0.717) is 12.5 Å². The van der Waals surface area contributed by atoms with Gasteiger partial charge in [0.05, 0.1) is 22.5 Å². The number of halogens is 1. The van der Waals surface area contributed by atoms with Gasteiger partial charge in [-0.2, -0.15) is 5.10 Å². The van der Waals surface area contributed by atoms with Crippen LogP contribution in [0, 0.1) is 18.3 Å². The van der Waals surface area contributed by atoms with Crippen LogP contribution in [0.5, 0.6) is 0 Å². The third-order valence-corrected chi connectivity index (χ3v) is 4.64. The molecule has 1 heterocycles. The van der Waals surface area contributed by atoms with Gasteiger partial charge >= 0.3 is 0 Å². The number of nitrogens with two attached hydrogens (primary N) is 1. The highest BCUT2D eigenvalue weighted by Gasteiger charge is 2.32. The van der Waals surface area contributed by atoms with E-state index < -0.39 is 0 Å². The van der Waals surface area contributed by atoms with Crippen LogP contribution in [-0.4, -0.2) is 28.0 Å². The summed E-state index contributed by atoms with van der Waals surface area (Å²) in [4.78, 5) is 0. The van der Waals surface area contributed by atoms with E-state index in [1.165, 1.54) is 0 Å². The zero-order valence-electron chi connectivity index (χ0n) is 12.4. The van der Waals surface area contributed by atoms with Crippen molar-refractivity contribution in [3.63, 3.8) is 0 Å². The molecule has 0 saturated heterocycles. The summed E-state index contributed by atoms with van der Waals surface area (Å²) in [5.74, 6) is 0.508. The van der Waals surface area contributed by atoms with Crippen molar-refractivity contribution in [2.75, 3.05) is 13.2 Å². The highest BCUT2D eigenvalue weighted by molar-refractivity contribution is 9.10. The molecule has 0 aliphatic rings. The van der Waals surface area contributed by atoms with Gasteiger partial charge in [-0.15, -0.1) is 0 Å². The van der Waals surface area contributed by atoms with E-state index in [9.17, 15) is 5.11 Å². The van der Waals surface area contributed by atoms with Crippen molar-refractivity contribution >= 4 is 15.9 Å². The van der Waals surface area contributed by atoms with Crippen molar-refractivity contribution in [2.24, 2.45) is 17.1 Å². The van der Waals surface area contributed by atoms with Gasteiger partial charge in [-0.1, -0.05) is 13.8 Å². The van der Waals surface area contributed by atoms with E-state index >= 15 is 0 Å². The molecule has 5 heteroatoms. The second-order valence-corrected chi connectivity index (χ2v) is 6.59. The molecule has 110 valence electrons. The fourth-order valence-corrected chi connectivity index (χ4v) is 3.10. The fourth-order valence-electron chi connectivity index (χ4n) is 2.67. The Labute approximate surface area is 124 Å². The number of aromatic nitrogens is 2. The number of hydrogen-bond donors (Lipinski definition) is 2. The Morgan fingerprint density at radius 1 is 1.47 bits per heavy atom. The smallest absolute Gasteiger partial charge is 0.0738 e. The second-order valence-electron chi connectivity index (χ2n) is 5.80. The summed E-state index contributed by atoms with van der Waals surface area (Å²) in [5, 5.41) is 14.3. The van der Waals surface area contributed by atoms with Crippen LogP contribution in [0.2, 0.25) is 0 Å². The van der Waals surface area contributed by atoms with Crippen LogP contribution in [0.3, 0.4) is 0 Å². The minimum atomic E-state index is -0.254. The van der Waals surface area contributed by atoms with Gasteiger partial charge in [0, 0.05) is 18.5 Å². The van der Waals surface area contributed by atoms with Crippen LogP contribution in [0.25, 0.3) is 0 Å². The number of aliphatic hydroxyl groups is 1. The van der Waals surface area contributed by atoms with Gasteiger partial charge in [0.15, 0.2) is 0 Å². The molecular weight excluding hydrogens is 306 g/mol. The molecule has 1 atom stereocenters. The van der Waals surface area contributed by atoms with Crippen LogP contribution < -0.4 is 5.73 Å². The first kappa shape index (κ1) is 16.7. The van der Waals surface area contributed by atoms with Crippen molar-refractivity contribution in [3.05, 3.63) is 15.9 Å². The molecule has 0 saturated carbocycles. The predicted molar refractivity (Wildman–Crippen MR) is 82.1 cm³/mol. The van der Waals surface area contributed by atoms with Gasteiger partial charge in [-0.05, 0) is 48.5 Å². The van der Waals surface area contributed by atoms with E-state index in [-0.39, 0.29) is 12.0 Å². The molecule has 1 unspecified atom stereocenters. The van der Waals surface area contributed by atoms with Gasteiger partial charge in [-0.25, -0.2) is 0 Å².